The van der Waals surface area contributed by atoms with Crippen LogP contribution in [0.4, 0.5) is 37.2 Å². The summed E-state index contributed by atoms with van der Waals surface area (Å²) >= 11 is 14.5. The number of carbonyl (C=O) groups excluding carboxylic acids is 4. The second-order valence-corrected chi connectivity index (χ2v) is 14.5. The van der Waals surface area contributed by atoms with Gasteiger partial charge < -0.3 is 10.0 Å². The summed E-state index contributed by atoms with van der Waals surface area (Å²) in [6.45, 7) is 0. The van der Waals surface area contributed by atoms with E-state index in [-0.39, 0.29) is 28.9 Å². The molecule has 1 saturated carbocycles. The van der Waals surface area contributed by atoms with E-state index < -0.39 is 108 Å². The van der Waals surface area contributed by atoms with Gasteiger partial charge in [-0.05, 0) is 60.7 Å². The summed E-state index contributed by atoms with van der Waals surface area (Å²) in [5, 5.41) is 34.1. The number of alkyl halides is 2. The monoisotopic (exact) mass is 755 g/mol. The van der Waals surface area contributed by atoms with Crippen LogP contribution in [-0.4, -0.2) is 62.4 Å². The van der Waals surface area contributed by atoms with E-state index in [1.54, 1.807) is 6.08 Å². The molecule has 0 aromatic heterocycles. The third-order valence-electron chi connectivity index (χ3n) is 10.4. The van der Waals surface area contributed by atoms with Gasteiger partial charge in [-0.2, -0.15) is 0 Å². The second-order valence-electron chi connectivity index (χ2n) is 13.2. The molecule has 4 amide bonds. The molecule has 2 saturated heterocycles. The fraction of sp³-hybridized carbons (Fsp3) is 0.294. The first-order chi connectivity index (χ1) is 24.4. The smallest absolute Gasteiger partial charge is 0.301 e. The Bertz CT molecular complexity index is 2170. The van der Waals surface area contributed by atoms with Crippen molar-refractivity contribution in [2.75, 3.05) is 28.8 Å². The Morgan fingerprint density at radius 1 is 0.846 bits per heavy atom. The number of aromatic hydroxyl groups is 1. The molecule has 6 atom stereocenters. The van der Waals surface area contributed by atoms with Crippen LogP contribution in [0.1, 0.15) is 24.3 Å². The van der Waals surface area contributed by atoms with Crippen LogP contribution in [0.5, 0.6) is 5.75 Å². The van der Waals surface area contributed by atoms with Gasteiger partial charge in [0.1, 0.15) is 5.82 Å². The third-order valence-corrected chi connectivity index (χ3v) is 11.8. The summed E-state index contributed by atoms with van der Waals surface area (Å²) in [7, 11) is 2.71. The molecule has 18 heteroatoms. The summed E-state index contributed by atoms with van der Waals surface area (Å²) in [4.78, 5) is 77.3. The van der Waals surface area contributed by atoms with E-state index in [0.29, 0.717) is 9.80 Å². The molecule has 2 heterocycles. The number of hydrogen-bond acceptors (Lipinski definition) is 10. The van der Waals surface area contributed by atoms with Crippen molar-refractivity contribution in [1.29, 1.82) is 0 Å². The lowest BCUT2D eigenvalue weighted by Gasteiger charge is -2.50. The molecular weight excluding hydrogens is 731 g/mol. The highest BCUT2D eigenvalue weighted by atomic mass is 35.5. The molecule has 3 aromatic rings. The predicted octanol–water partition coefficient (Wildman–Crippen LogP) is 5.32. The summed E-state index contributed by atoms with van der Waals surface area (Å²) < 4.78 is 28.8. The minimum Gasteiger partial charge on any atom is -0.505 e. The average Bonchev–Trinajstić information content (AvgIpc) is 3.43. The first-order valence-electron chi connectivity index (χ1n) is 15.7. The second kappa shape index (κ2) is 11.8. The Kier molecular flexibility index (Phi) is 7.92. The van der Waals surface area contributed by atoms with E-state index in [1.165, 1.54) is 20.2 Å². The Balaban J connectivity index is 1.39. The quantitative estimate of drug-likeness (QED) is 0.114. The summed E-state index contributed by atoms with van der Waals surface area (Å²) in [5.74, 6) is -11.2. The molecule has 6 unspecified atom stereocenters. The van der Waals surface area contributed by atoms with Crippen LogP contribution in [0.25, 0.3) is 0 Å². The topological polar surface area (TPSA) is 185 Å². The number of carbonyl (C=O) groups is 4. The van der Waals surface area contributed by atoms with Gasteiger partial charge in [0.2, 0.25) is 11.8 Å². The lowest BCUT2D eigenvalue weighted by molar-refractivity contribution is -0.392. The molecule has 0 radical (unpaired) electrons. The van der Waals surface area contributed by atoms with Crippen LogP contribution in [0.2, 0.25) is 0 Å². The molecule has 0 bridgehead atoms. The molecule has 3 aromatic carbocycles. The van der Waals surface area contributed by atoms with Crippen molar-refractivity contribution in [2.24, 2.45) is 17.8 Å². The van der Waals surface area contributed by atoms with Crippen molar-refractivity contribution < 1.29 is 42.9 Å². The minimum atomic E-state index is -2.37. The highest BCUT2D eigenvalue weighted by molar-refractivity contribution is 6.58. The normalized spacial score (nSPS) is 28.0. The van der Waals surface area contributed by atoms with Crippen LogP contribution >= 0.6 is 23.2 Å². The number of halogens is 4. The molecule has 14 nitrogen and oxygen atoms in total. The van der Waals surface area contributed by atoms with E-state index in [2.05, 4.69) is 0 Å². The van der Waals surface area contributed by atoms with E-state index in [4.69, 9.17) is 23.2 Å². The molecule has 3 fully saturated rings. The number of benzene rings is 3. The van der Waals surface area contributed by atoms with Gasteiger partial charge in [0.05, 0.1) is 33.1 Å². The number of anilines is 3. The number of nitro groups is 2. The van der Waals surface area contributed by atoms with Crippen LogP contribution in [0.15, 0.2) is 66.2 Å². The van der Waals surface area contributed by atoms with Gasteiger partial charge in [-0.1, -0.05) is 17.7 Å². The maximum absolute atomic E-state index is 15.0. The predicted molar refractivity (Wildman–Crippen MR) is 181 cm³/mol. The molecule has 268 valence electrons. The van der Waals surface area contributed by atoms with Crippen LogP contribution < -0.4 is 14.7 Å². The summed E-state index contributed by atoms with van der Waals surface area (Å²) in [6.07, 6.45) is 0.923. The Hall–Kier alpha value is -5.48. The SMILES string of the molecule is CN(C)c1c([N+](=O)[O-])cc(N2C(=O)C3CC=C4C(CC5(Cl)C(=O)N(c6ccc(F)cc6)C(=O)C5(Cl)C4c4ccc(O)c(F)c4)C3C2=O)cc1[N+](=O)[O-]. The minimum absolute atomic E-state index is 0.00554. The maximum atomic E-state index is 15.0. The van der Waals surface area contributed by atoms with Gasteiger partial charge in [0.25, 0.3) is 11.8 Å². The number of nitrogens with zero attached hydrogens (tertiary/aromatic N) is 5. The Morgan fingerprint density at radius 3 is 2.02 bits per heavy atom. The summed E-state index contributed by atoms with van der Waals surface area (Å²) in [6, 6.07) is 9.32. The zero-order valence-electron chi connectivity index (χ0n) is 27.0. The van der Waals surface area contributed by atoms with E-state index in [1.807, 2.05) is 0 Å². The van der Waals surface area contributed by atoms with E-state index in [9.17, 15) is 53.3 Å². The van der Waals surface area contributed by atoms with Crippen molar-refractivity contribution in [3.63, 3.8) is 0 Å². The zero-order valence-corrected chi connectivity index (χ0v) is 28.5. The Labute approximate surface area is 302 Å². The molecule has 52 heavy (non-hydrogen) atoms. The number of imide groups is 2. The van der Waals surface area contributed by atoms with E-state index >= 15 is 0 Å². The number of nitro benzene ring substituents is 2. The van der Waals surface area contributed by atoms with Crippen molar-refractivity contribution in [2.45, 2.75) is 28.5 Å². The number of phenolic OH excluding ortho intramolecular Hbond substituents is 1. The molecule has 2 aliphatic heterocycles. The fourth-order valence-electron chi connectivity index (χ4n) is 8.19. The van der Waals surface area contributed by atoms with Gasteiger partial charge in [0.15, 0.2) is 27.0 Å². The number of amides is 4. The molecular formula is C34H25Cl2F2N5O9. The molecule has 2 aliphatic carbocycles. The summed E-state index contributed by atoms with van der Waals surface area (Å²) in [5.41, 5.74) is -2.07. The number of rotatable bonds is 6. The van der Waals surface area contributed by atoms with Gasteiger partial charge in [-0.15, -0.1) is 23.2 Å². The highest BCUT2D eigenvalue weighted by Gasteiger charge is 2.76. The fourth-order valence-corrected chi connectivity index (χ4v) is 9.12. The van der Waals surface area contributed by atoms with Gasteiger partial charge in [-0.25, -0.2) is 18.6 Å². The number of hydrogen-bond donors (Lipinski definition) is 1. The first-order valence-corrected chi connectivity index (χ1v) is 16.4. The van der Waals surface area contributed by atoms with Crippen LogP contribution in [0, 0.1) is 49.6 Å². The molecule has 4 aliphatic rings. The van der Waals surface area contributed by atoms with Crippen molar-refractivity contribution in [1.82, 2.24) is 0 Å². The average molecular weight is 757 g/mol. The van der Waals surface area contributed by atoms with Crippen molar-refractivity contribution >= 4 is 75.3 Å². The number of allylic oxidation sites excluding steroid dienone is 2. The first kappa shape index (κ1) is 34.9. The number of phenols is 1. The van der Waals surface area contributed by atoms with Gasteiger partial charge in [-0.3, -0.25) is 39.4 Å². The largest absolute Gasteiger partial charge is 0.505 e. The number of fused-ring (bicyclic) bond motifs is 4. The third kappa shape index (κ3) is 4.66. The lowest BCUT2D eigenvalue weighted by Crippen LogP contribution is -2.60. The van der Waals surface area contributed by atoms with Crippen molar-refractivity contribution in [3.05, 3.63) is 104 Å². The standard InChI is InChI=1S/C34H25Cl2F2N5O9/c1-39(2)28-23(42(49)50)12-18(13-24(28)43(51)52)40-29(45)20-9-8-19-21(26(20)30(40)46)14-33(35)31(47)41(17-6-4-16(37)5-7-17)32(48)34(33,36)27(19)15-3-10-25(44)22(38)11-15/h3-8,10-13,20-21,26-27,44H,9,14H2,1-2H3. The van der Waals surface area contributed by atoms with Gasteiger partial charge in [0, 0.05) is 32.1 Å². The van der Waals surface area contributed by atoms with E-state index in [0.717, 1.165) is 53.4 Å². The molecule has 1 N–H and O–H groups in total. The molecule has 0 spiro atoms. The zero-order chi connectivity index (χ0) is 37.8. The van der Waals surface area contributed by atoms with Crippen molar-refractivity contribution in [3.8, 4) is 5.75 Å². The van der Waals surface area contributed by atoms with Crippen LogP contribution in [-0.2, 0) is 19.2 Å². The van der Waals surface area contributed by atoms with Gasteiger partial charge >= 0.3 is 11.4 Å². The maximum Gasteiger partial charge on any atom is 0.301 e. The highest BCUT2D eigenvalue weighted by Crippen LogP contribution is 2.66. The molecule has 7 rings (SSSR count). The van der Waals surface area contributed by atoms with Crippen LogP contribution in [0.3, 0.4) is 0 Å². The Morgan fingerprint density at radius 2 is 1.46 bits per heavy atom. The lowest BCUT2D eigenvalue weighted by atomic mass is 9.56.